The van der Waals surface area contributed by atoms with E-state index in [1.807, 2.05) is 75.4 Å². The minimum Gasteiger partial charge on any atom is -0.480 e. The Morgan fingerprint density at radius 2 is 1.29 bits per heavy atom. The van der Waals surface area contributed by atoms with Crippen LogP contribution in [-0.2, 0) is 115 Å². The van der Waals surface area contributed by atoms with Gasteiger partial charge < -0.3 is 59.9 Å². The average Bonchev–Trinajstić information content (AvgIpc) is 1.68. The zero-order valence-electron chi connectivity index (χ0n) is 74.7. The predicted molar refractivity (Wildman–Crippen MR) is 491 cm³/mol. The number of rotatable bonds is 60. The third-order valence-corrected chi connectivity index (χ3v) is 23.6. The number of fused-ring (bicyclic) bond motifs is 1. The zero-order valence-corrected chi connectivity index (χ0v) is 77.1. The lowest BCUT2D eigenvalue weighted by molar-refractivity contribution is -0.140. The van der Waals surface area contributed by atoms with Crippen molar-refractivity contribution in [3.63, 3.8) is 0 Å². The Morgan fingerprint density at radius 1 is 0.653 bits per heavy atom. The molecule has 33 heteroatoms. The van der Waals surface area contributed by atoms with Crippen molar-refractivity contribution in [1.29, 1.82) is 0 Å². The number of aromatic nitrogens is 8. The Balaban J connectivity index is 0.000000331. The lowest BCUT2D eigenvalue weighted by Gasteiger charge is -2.33. The lowest BCUT2D eigenvalue weighted by atomic mass is 9.99. The van der Waals surface area contributed by atoms with Gasteiger partial charge in [-0.2, -0.15) is 9.97 Å². The molecular weight excluding hydrogens is 1640 g/mol. The molecule has 3 unspecified atom stereocenters. The second-order valence-corrected chi connectivity index (χ2v) is 35.2. The van der Waals surface area contributed by atoms with Gasteiger partial charge in [-0.15, -0.1) is 5.10 Å². The molecule has 6 N–H and O–H groups in total. The molecule has 1 saturated heterocycles. The number of anilines is 1. The van der Waals surface area contributed by atoms with Crippen molar-refractivity contribution >= 4 is 80.5 Å². The number of benzene rings is 2. The van der Waals surface area contributed by atoms with E-state index in [0.717, 1.165) is 172 Å². The predicted octanol–water partition coefficient (Wildman–Crippen LogP) is 11.3. The Morgan fingerprint density at radius 3 is 1.94 bits per heavy atom. The summed E-state index contributed by atoms with van der Waals surface area (Å²) < 4.78 is 35.7. The smallest absolute Gasteiger partial charge is 0.317 e. The van der Waals surface area contributed by atoms with Crippen LogP contribution in [0.25, 0.3) is 0 Å². The van der Waals surface area contributed by atoms with E-state index in [1.165, 1.54) is 6.92 Å². The topological polar surface area (TPSA) is 354 Å². The summed E-state index contributed by atoms with van der Waals surface area (Å²) in [5.74, 6) is 0.129. The number of unbranched alkanes of at least 4 members (excludes halogenated alkanes) is 1. The third-order valence-electron chi connectivity index (χ3n) is 20.2. The van der Waals surface area contributed by atoms with Crippen LogP contribution in [0.15, 0.2) is 102 Å². The second kappa shape index (κ2) is 64.1. The van der Waals surface area contributed by atoms with Crippen LogP contribution in [0, 0.1) is 0 Å². The number of nitrogens with one attached hydrogen (secondary N) is 4. The van der Waals surface area contributed by atoms with E-state index in [1.54, 1.807) is 33.4 Å². The molecular formula is C91H140N16O14S3. The van der Waals surface area contributed by atoms with Crippen molar-refractivity contribution in [2.45, 2.75) is 231 Å². The molecule has 4 aromatic heterocycles. The molecule has 1 aliphatic carbocycles. The number of aliphatic carboxylic acids is 2. The van der Waals surface area contributed by atoms with E-state index in [-0.39, 0.29) is 61.3 Å². The molecule has 30 nitrogen and oxygen atoms in total. The summed E-state index contributed by atoms with van der Waals surface area (Å²) in [6.07, 6.45) is 19.3. The van der Waals surface area contributed by atoms with Crippen LogP contribution in [0.2, 0.25) is 0 Å². The number of thiocarbonyl (C=S) groups is 1. The van der Waals surface area contributed by atoms with Crippen molar-refractivity contribution in [3.8, 4) is 0 Å². The monoisotopic (exact) mass is 1780 g/mol. The number of hydrogen-bond donors (Lipinski definition) is 6. The van der Waals surface area contributed by atoms with Crippen LogP contribution < -0.4 is 21.3 Å². The number of hydrogen-bond acceptors (Lipinski definition) is 29. The second-order valence-electron chi connectivity index (χ2n) is 32.0. The number of Topliss-reactive ketones (excluding diaryl/α,β-unsaturated/α-hetero) is 2. The van der Waals surface area contributed by atoms with Crippen molar-refractivity contribution in [2.24, 2.45) is 0 Å². The number of ether oxygens (including phenoxy) is 6. The van der Waals surface area contributed by atoms with Crippen LogP contribution in [0.3, 0.4) is 0 Å². The molecule has 8 rings (SSSR count). The molecule has 0 radical (unpaired) electrons. The van der Waals surface area contributed by atoms with Crippen LogP contribution in [0.1, 0.15) is 196 Å². The number of ketones is 2. The summed E-state index contributed by atoms with van der Waals surface area (Å²) in [6, 6.07) is 29.3. The number of carboxylic acid groups (broad SMARTS) is 2. The van der Waals surface area contributed by atoms with Gasteiger partial charge in [-0.1, -0.05) is 154 Å². The standard InChI is InChI=1S/C46H72N8O8S2.C27H42N4O6S.C18H26N4/c1-5-6-25-58-29-31-61-32-30-59-26-13-19-43-49-42(18-12-22-47-44(57)21-20-37(4)63-64-41-17-11-10-14-38(41)33-35(2)55)50-46(51-43)48-23-27-60-28-24-54-39-15-8-7-9-16-40(45(39)52-53-54)62-34-36(3)56;1-21(2)28-9-3-4-25(38)15-23-7-5-22(6-8-23)14-24-16-30(19-37-20-32)11-10-29(17-26(33)34)12-13-31(24)18-27(35)36;1-16(2)19-12-7-13-22(14-17-8-3-5-10-20-17)15-18-9-4-6-11-21-18/h10-11,14,17,37,40H,5-9,12-13,15-16,18-34H2,1-4H3,(H,47,57)(H,48,49,50,51);5-8,20-21,24,28H,3-4,9-19H2,1-2H3,(H,33,34)(H,35,36);3-6,8-11,16,19H,7,12-15H2,1-2H3. The summed E-state index contributed by atoms with van der Waals surface area (Å²) in [4.78, 5) is 103. The van der Waals surface area contributed by atoms with Gasteiger partial charge in [0.1, 0.15) is 42.6 Å². The van der Waals surface area contributed by atoms with Crippen LogP contribution in [0.4, 0.5) is 5.95 Å². The highest BCUT2D eigenvalue weighted by molar-refractivity contribution is 8.77. The first kappa shape index (κ1) is 105. The molecule has 1 aliphatic heterocycles. The fraction of sp³-hybridized carbons (Fsp3) is 0.626. The van der Waals surface area contributed by atoms with Crippen LogP contribution in [0.5, 0.6) is 0 Å². The number of pyridine rings is 2. The number of carbonyl (C=O) groups is 6. The fourth-order valence-corrected chi connectivity index (χ4v) is 16.5. The molecule has 1 fully saturated rings. The normalized spacial score (nSPS) is 14.9. The van der Waals surface area contributed by atoms with E-state index in [9.17, 15) is 39.0 Å². The quantitative estimate of drug-likeness (QED) is 0.00894. The maximum absolute atomic E-state index is 12.7. The van der Waals surface area contributed by atoms with Crippen molar-refractivity contribution in [3.05, 3.63) is 148 Å². The minimum absolute atomic E-state index is 0.000390. The SMILES string of the molecule is CC(C)NCCCC(=S)Cc1ccc(CC2CN(COC=O)CCN(CC(=O)O)CCN2CC(=O)O)cc1.CC(C)NCCCN(Cc1ccccn1)Cc1ccccn1.CCCCOCCOCCOCCCc1nc(CCCNC(=O)CCC(C)SSc2ccccc2CC(C)=O)nc(NCCOCCn2nnc3c2CCCCCC3OCC(C)=O)n1. The molecule has 0 bridgehead atoms. The molecule has 0 spiro atoms. The number of carboxylic acids is 2. The Labute approximate surface area is 748 Å². The van der Waals surface area contributed by atoms with Crippen LogP contribution >= 0.6 is 33.8 Å². The van der Waals surface area contributed by atoms with Gasteiger partial charge in [0.25, 0.3) is 6.47 Å². The summed E-state index contributed by atoms with van der Waals surface area (Å²) in [5, 5.41) is 41.2. The van der Waals surface area contributed by atoms with Gasteiger partial charge in [0, 0.05) is 151 Å². The molecule has 686 valence electrons. The maximum Gasteiger partial charge on any atom is 0.317 e. The largest absolute Gasteiger partial charge is 0.480 e. The molecule has 3 atom stereocenters. The van der Waals surface area contributed by atoms with E-state index in [0.29, 0.717) is 173 Å². The molecule has 0 saturated carbocycles. The van der Waals surface area contributed by atoms with Gasteiger partial charge in [-0.3, -0.25) is 58.3 Å². The average molecular weight is 1780 g/mol. The van der Waals surface area contributed by atoms with Gasteiger partial charge >= 0.3 is 11.9 Å². The van der Waals surface area contributed by atoms with Crippen molar-refractivity contribution in [2.75, 3.05) is 150 Å². The van der Waals surface area contributed by atoms with Crippen molar-refractivity contribution < 1.29 is 67.4 Å². The first-order valence-electron chi connectivity index (χ1n) is 44.4. The number of nitrogens with zero attached hydrogens (tertiary/aromatic N) is 12. The molecule has 1 amide bonds. The number of aryl methyl sites for hydroxylation is 2. The molecule has 2 aliphatic rings. The lowest BCUT2D eigenvalue weighted by Crippen LogP contribution is -2.48. The van der Waals surface area contributed by atoms with Crippen LogP contribution in [-0.4, -0.2) is 279 Å². The summed E-state index contributed by atoms with van der Waals surface area (Å²) >= 11 is 5.59. The summed E-state index contributed by atoms with van der Waals surface area (Å²) in [5.41, 5.74) is 7.37. The Bertz CT molecular complexity index is 3920. The van der Waals surface area contributed by atoms with Gasteiger partial charge in [0.15, 0.2) is 5.78 Å². The van der Waals surface area contributed by atoms with E-state index >= 15 is 0 Å². The summed E-state index contributed by atoms with van der Waals surface area (Å²) in [7, 11) is 3.39. The van der Waals surface area contributed by atoms with Gasteiger partial charge in [-0.25, -0.2) is 9.67 Å². The highest BCUT2D eigenvalue weighted by Crippen LogP contribution is 2.38. The molecule has 124 heavy (non-hydrogen) atoms. The van der Waals surface area contributed by atoms with Gasteiger partial charge in [0.05, 0.1) is 76.4 Å². The summed E-state index contributed by atoms with van der Waals surface area (Å²) in [6.45, 7) is 29.3. The first-order valence-corrected chi connectivity index (χ1v) is 47.0. The zero-order chi connectivity index (χ0) is 89.2. The van der Waals surface area contributed by atoms with Crippen molar-refractivity contribution in [1.82, 2.24) is 75.5 Å². The third kappa shape index (κ3) is 47.7. The highest BCUT2D eigenvalue weighted by Gasteiger charge is 2.29. The Hall–Kier alpha value is -7.74. The van der Waals surface area contributed by atoms with Gasteiger partial charge in [-0.05, 0) is 149 Å². The van der Waals surface area contributed by atoms with Gasteiger partial charge in [0.2, 0.25) is 11.9 Å². The number of amides is 1. The van der Waals surface area contributed by atoms with E-state index in [2.05, 4.69) is 124 Å². The Kier molecular flexibility index (Phi) is 54.3. The molecule has 5 heterocycles. The first-order chi connectivity index (χ1) is 60.1. The molecule has 2 aromatic carbocycles. The maximum atomic E-state index is 12.7. The number of carbonyl (C=O) groups excluding carboxylic acids is 4. The minimum atomic E-state index is -0.942. The van der Waals surface area contributed by atoms with E-state index in [4.69, 9.17) is 55.6 Å². The highest BCUT2D eigenvalue weighted by atomic mass is 33.1. The van der Waals surface area contributed by atoms with E-state index < -0.39 is 11.9 Å². The molecule has 6 aromatic rings. The fourth-order valence-electron chi connectivity index (χ4n) is 13.7.